The van der Waals surface area contributed by atoms with Crippen LogP contribution in [0.25, 0.3) is 16.6 Å². The van der Waals surface area contributed by atoms with Crippen molar-refractivity contribution in [3.63, 3.8) is 0 Å². The number of carboxylic acid groups (broad SMARTS) is 1. The summed E-state index contributed by atoms with van der Waals surface area (Å²) < 4.78 is 1.39. The van der Waals surface area contributed by atoms with Gasteiger partial charge in [0.1, 0.15) is 5.56 Å². The number of rotatable bonds is 4. The smallest absolute Gasteiger partial charge is 0.341 e. The Balaban J connectivity index is 1.74. The lowest BCUT2D eigenvalue weighted by Gasteiger charge is -2.10. The first-order valence-corrected chi connectivity index (χ1v) is 8.49. The van der Waals surface area contributed by atoms with Gasteiger partial charge in [0.2, 0.25) is 0 Å². The Morgan fingerprint density at radius 2 is 1.67 bits per heavy atom. The Hall–Kier alpha value is -3.73. The summed E-state index contributed by atoms with van der Waals surface area (Å²) in [4.78, 5) is 27.8. The molecule has 0 bridgehead atoms. The topological polar surface area (TPSA) is 71.7 Å². The maximum atomic E-state index is 12.4. The van der Waals surface area contributed by atoms with Gasteiger partial charge in [0, 0.05) is 18.6 Å². The first-order chi connectivity index (χ1) is 13.1. The number of nitrogens with zero attached hydrogens (tertiary/aromatic N) is 2. The van der Waals surface area contributed by atoms with Crippen LogP contribution in [0.4, 0.5) is 0 Å². The summed E-state index contributed by atoms with van der Waals surface area (Å²) in [5.41, 5.74) is 3.98. The van der Waals surface area contributed by atoms with Gasteiger partial charge in [-0.15, -0.1) is 0 Å². The molecule has 0 saturated heterocycles. The van der Waals surface area contributed by atoms with Crippen LogP contribution in [0.1, 0.15) is 21.5 Å². The van der Waals surface area contributed by atoms with Crippen molar-refractivity contribution >= 4 is 11.5 Å². The summed E-state index contributed by atoms with van der Waals surface area (Å²) in [6.45, 7) is 0. The SMILES string of the molecule is O=C(O)c1cc(Cc2ccc(-c3ccncc3)cc2)c2ccccn2c1=O. The standard InChI is InChI=1S/C22H16N2O3/c25-21-19(22(26)27)14-18(20-3-1-2-12-24(20)21)13-15-4-6-16(7-5-15)17-8-10-23-11-9-17/h1-12,14H,13H2,(H,26,27). The highest BCUT2D eigenvalue weighted by Gasteiger charge is 2.14. The van der Waals surface area contributed by atoms with Crippen LogP contribution in [0.15, 0.2) is 84.0 Å². The summed E-state index contributed by atoms with van der Waals surface area (Å²) in [5.74, 6) is -1.22. The molecule has 0 spiro atoms. The van der Waals surface area contributed by atoms with Crippen molar-refractivity contribution in [2.45, 2.75) is 6.42 Å². The Labute approximate surface area is 155 Å². The number of benzene rings is 1. The molecular formula is C22H16N2O3. The van der Waals surface area contributed by atoms with E-state index in [4.69, 9.17) is 0 Å². The Kier molecular flexibility index (Phi) is 4.26. The number of hydrogen-bond acceptors (Lipinski definition) is 3. The monoisotopic (exact) mass is 356 g/mol. The van der Waals surface area contributed by atoms with Crippen molar-refractivity contribution < 1.29 is 9.90 Å². The van der Waals surface area contributed by atoms with E-state index in [1.165, 1.54) is 10.5 Å². The minimum atomic E-state index is -1.22. The van der Waals surface area contributed by atoms with Gasteiger partial charge >= 0.3 is 5.97 Å². The van der Waals surface area contributed by atoms with Crippen molar-refractivity contribution in [1.82, 2.24) is 9.38 Å². The van der Waals surface area contributed by atoms with Crippen LogP contribution < -0.4 is 5.56 Å². The van der Waals surface area contributed by atoms with Crippen LogP contribution in [0.5, 0.6) is 0 Å². The molecule has 0 unspecified atom stereocenters. The van der Waals surface area contributed by atoms with Gasteiger partial charge in [0.05, 0.1) is 5.52 Å². The third-order valence-electron chi connectivity index (χ3n) is 4.55. The number of hydrogen-bond donors (Lipinski definition) is 1. The highest BCUT2D eigenvalue weighted by Crippen LogP contribution is 2.21. The lowest BCUT2D eigenvalue weighted by Crippen LogP contribution is -2.22. The van der Waals surface area contributed by atoms with E-state index in [1.807, 2.05) is 48.5 Å². The molecule has 0 radical (unpaired) electrons. The first kappa shape index (κ1) is 16.7. The Morgan fingerprint density at radius 1 is 0.963 bits per heavy atom. The van der Waals surface area contributed by atoms with Gasteiger partial charge < -0.3 is 5.11 Å². The minimum absolute atomic E-state index is 0.220. The van der Waals surface area contributed by atoms with E-state index in [2.05, 4.69) is 4.98 Å². The fraction of sp³-hybridized carbons (Fsp3) is 0.0455. The predicted octanol–water partition coefficient (Wildman–Crippen LogP) is 3.65. The predicted molar refractivity (Wildman–Crippen MR) is 103 cm³/mol. The highest BCUT2D eigenvalue weighted by molar-refractivity contribution is 5.88. The zero-order chi connectivity index (χ0) is 18.8. The molecule has 27 heavy (non-hydrogen) atoms. The van der Waals surface area contributed by atoms with Crippen molar-refractivity contribution in [3.8, 4) is 11.1 Å². The maximum absolute atomic E-state index is 12.4. The summed E-state index contributed by atoms with van der Waals surface area (Å²) >= 11 is 0. The Morgan fingerprint density at radius 3 is 2.37 bits per heavy atom. The molecule has 0 saturated carbocycles. The molecule has 4 rings (SSSR count). The highest BCUT2D eigenvalue weighted by atomic mass is 16.4. The van der Waals surface area contributed by atoms with Gasteiger partial charge in [0.25, 0.3) is 5.56 Å². The van der Waals surface area contributed by atoms with Gasteiger partial charge in [-0.25, -0.2) is 4.79 Å². The minimum Gasteiger partial charge on any atom is -0.477 e. The molecule has 5 heteroatoms. The van der Waals surface area contributed by atoms with Crippen LogP contribution in [0.3, 0.4) is 0 Å². The fourth-order valence-electron chi connectivity index (χ4n) is 3.20. The van der Waals surface area contributed by atoms with Crippen LogP contribution in [-0.4, -0.2) is 20.5 Å². The zero-order valence-electron chi connectivity index (χ0n) is 14.4. The van der Waals surface area contributed by atoms with E-state index in [9.17, 15) is 14.7 Å². The van der Waals surface area contributed by atoms with E-state index in [1.54, 1.807) is 24.7 Å². The lowest BCUT2D eigenvalue weighted by atomic mass is 9.99. The molecule has 5 nitrogen and oxygen atoms in total. The molecule has 4 aromatic rings. The fourth-order valence-corrected chi connectivity index (χ4v) is 3.20. The molecule has 132 valence electrons. The van der Waals surface area contributed by atoms with E-state index < -0.39 is 11.5 Å². The van der Waals surface area contributed by atoms with Crippen LogP contribution in [-0.2, 0) is 6.42 Å². The molecular weight excluding hydrogens is 340 g/mol. The second-order valence-corrected chi connectivity index (χ2v) is 6.26. The van der Waals surface area contributed by atoms with E-state index in [0.29, 0.717) is 11.9 Å². The van der Waals surface area contributed by atoms with Crippen LogP contribution >= 0.6 is 0 Å². The zero-order valence-corrected chi connectivity index (χ0v) is 14.4. The Bertz CT molecular complexity index is 1180. The second-order valence-electron chi connectivity index (χ2n) is 6.26. The van der Waals surface area contributed by atoms with Crippen molar-refractivity contribution in [1.29, 1.82) is 0 Å². The van der Waals surface area contributed by atoms with Gasteiger partial charge in [-0.3, -0.25) is 14.2 Å². The summed E-state index contributed by atoms with van der Waals surface area (Å²) in [6.07, 6.45) is 5.64. The largest absolute Gasteiger partial charge is 0.477 e. The van der Waals surface area contributed by atoms with E-state index in [0.717, 1.165) is 22.3 Å². The molecule has 0 atom stereocenters. The van der Waals surface area contributed by atoms with Gasteiger partial charge in [-0.2, -0.15) is 0 Å². The number of pyridine rings is 3. The molecule has 3 aromatic heterocycles. The van der Waals surface area contributed by atoms with Crippen LogP contribution in [0, 0.1) is 0 Å². The molecule has 1 N–H and O–H groups in total. The first-order valence-electron chi connectivity index (χ1n) is 8.49. The summed E-state index contributed by atoms with van der Waals surface area (Å²) in [5, 5.41) is 9.36. The third kappa shape index (κ3) is 3.22. The normalized spacial score (nSPS) is 10.8. The molecule has 0 aliphatic carbocycles. The van der Waals surface area contributed by atoms with Gasteiger partial charge in [-0.05, 0) is 59.0 Å². The molecule has 0 amide bonds. The maximum Gasteiger partial charge on any atom is 0.341 e. The molecule has 0 aliphatic rings. The average molecular weight is 356 g/mol. The number of aromatic nitrogens is 2. The van der Waals surface area contributed by atoms with Crippen molar-refractivity contribution in [2.75, 3.05) is 0 Å². The number of fused-ring (bicyclic) bond motifs is 1. The summed E-state index contributed by atoms with van der Waals surface area (Å²) in [6, 6.07) is 18.8. The van der Waals surface area contributed by atoms with Crippen molar-refractivity contribution in [3.05, 3.63) is 106 Å². The van der Waals surface area contributed by atoms with Gasteiger partial charge in [0.15, 0.2) is 0 Å². The molecule has 3 heterocycles. The summed E-state index contributed by atoms with van der Waals surface area (Å²) in [7, 11) is 0. The average Bonchev–Trinajstić information content (AvgIpc) is 2.71. The molecule has 1 aromatic carbocycles. The quantitative estimate of drug-likeness (QED) is 0.606. The number of carboxylic acids is 1. The number of carbonyl (C=O) groups is 1. The van der Waals surface area contributed by atoms with E-state index in [-0.39, 0.29) is 5.56 Å². The third-order valence-corrected chi connectivity index (χ3v) is 4.55. The van der Waals surface area contributed by atoms with Crippen molar-refractivity contribution in [2.24, 2.45) is 0 Å². The number of aromatic carboxylic acids is 1. The molecule has 0 fully saturated rings. The molecule has 0 aliphatic heterocycles. The lowest BCUT2D eigenvalue weighted by molar-refractivity contribution is 0.0694. The van der Waals surface area contributed by atoms with Crippen LogP contribution in [0.2, 0.25) is 0 Å². The van der Waals surface area contributed by atoms with Gasteiger partial charge in [-0.1, -0.05) is 30.3 Å². The van der Waals surface area contributed by atoms with E-state index >= 15 is 0 Å². The second kappa shape index (κ2) is 6.88.